The van der Waals surface area contributed by atoms with E-state index in [-0.39, 0.29) is 6.61 Å². The maximum Gasteiger partial charge on any atom is 0.410 e. The van der Waals surface area contributed by atoms with Crippen LogP contribution in [-0.2, 0) is 33.8 Å². The first-order valence-electron chi connectivity index (χ1n) is 9.84. The monoisotopic (exact) mass is 407 g/mol. The van der Waals surface area contributed by atoms with E-state index >= 15 is 0 Å². The molecule has 3 rings (SSSR count). The average molecular weight is 407 g/mol. The SMILES string of the molecule is CC(OC(=O)N1CCc2ccccc2C1)C(=O)NC(C)(C#N)OCc1ccccc1. The Morgan fingerprint density at radius 2 is 1.83 bits per heavy atom. The van der Waals surface area contributed by atoms with Crippen molar-refractivity contribution in [2.45, 2.75) is 45.2 Å². The van der Waals surface area contributed by atoms with E-state index in [0.717, 1.165) is 17.5 Å². The summed E-state index contributed by atoms with van der Waals surface area (Å²) in [5.41, 5.74) is 1.62. The van der Waals surface area contributed by atoms with Crippen LogP contribution in [0.1, 0.15) is 30.5 Å². The summed E-state index contributed by atoms with van der Waals surface area (Å²) in [6, 6.07) is 19.2. The fourth-order valence-corrected chi connectivity index (χ4v) is 3.17. The van der Waals surface area contributed by atoms with Gasteiger partial charge in [0.05, 0.1) is 6.61 Å². The first-order valence-corrected chi connectivity index (χ1v) is 9.84. The van der Waals surface area contributed by atoms with Gasteiger partial charge in [-0.25, -0.2) is 4.79 Å². The van der Waals surface area contributed by atoms with Crippen molar-refractivity contribution >= 4 is 12.0 Å². The number of nitrogens with one attached hydrogen (secondary N) is 1. The molecule has 2 amide bonds. The molecule has 1 heterocycles. The Morgan fingerprint density at radius 1 is 1.17 bits per heavy atom. The lowest BCUT2D eigenvalue weighted by atomic mass is 10.0. The third kappa shape index (κ3) is 5.37. The molecule has 2 unspecified atom stereocenters. The van der Waals surface area contributed by atoms with Gasteiger partial charge in [-0.1, -0.05) is 54.6 Å². The van der Waals surface area contributed by atoms with Crippen molar-refractivity contribution in [2.24, 2.45) is 0 Å². The van der Waals surface area contributed by atoms with E-state index < -0.39 is 23.8 Å². The second-order valence-corrected chi connectivity index (χ2v) is 7.37. The summed E-state index contributed by atoms with van der Waals surface area (Å²) in [6.07, 6.45) is -0.884. The lowest BCUT2D eigenvalue weighted by Crippen LogP contribution is -2.51. The molecule has 0 saturated heterocycles. The number of fused-ring (bicyclic) bond motifs is 1. The molecule has 7 heteroatoms. The quantitative estimate of drug-likeness (QED) is 0.743. The molecule has 0 aliphatic carbocycles. The number of carbonyl (C=O) groups excluding carboxylic acids is 2. The number of ether oxygens (including phenoxy) is 2. The molecule has 0 saturated carbocycles. The van der Waals surface area contributed by atoms with E-state index in [1.165, 1.54) is 19.4 Å². The van der Waals surface area contributed by atoms with Gasteiger partial charge in [-0.15, -0.1) is 0 Å². The van der Waals surface area contributed by atoms with E-state index in [2.05, 4.69) is 5.32 Å². The summed E-state index contributed by atoms with van der Waals surface area (Å²) in [5, 5.41) is 12.0. The normalized spacial score (nSPS) is 15.8. The number of nitriles is 1. The molecule has 0 aromatic heterocycles. The molecular formula is C23H25N3O4. The van der Waals surface area contributed by atoms with Gasteiger partial charge >= 0.3 is 6.09 Å². The highest BCUT2D eigenvalue weighted by atomic mass is 16.6. The standard InChI is InChI=1S/C23H25N3O4/c1-17(30-22(28)26-13-12-19-10-6-7-11-20(19)14-26)21(27)25-23(2,16-24)29-15-18-8-4-3-5-9-18/h3-11,17H,12-15H2,1-2H3,(H,25,27). The van der Waals surface area contributed by atoms with E-state index in [0.29, 0.717) is 13.1 Å². The summed E-state index contributed by atoms with van der Waals surface area (Å²) < 4.78 is 10.9. The minimum atomic E-state index is -1.54. The minimum Gasteiger partial charge on any atom is -0.436 e. The number of hydrogen-bond donors (Lipinski definition) is 1. The van der Waals surface area contributed by atoms with Gasteiger partial charge in [-0.05, 0) is 37.0 Å². The summed E-state index contributed by atoms with van der Waals surface area (Å²) in [5.74, 6) is -0.599. The second kappa shape index (κ2) is 9.42. The third-order valence-electron chi connectivity index (χ3n) is 4.98. The number of benzene rings is 2. The van der Waals surface area contributed by atoms with Gasteiger partial charge in [0.1, 0.15) is 6.07 Å². The zero-order valence-electron chi connectivity index (χ0n) is 17.1. The van der Waals surface area contributed by atoms with Crippen LogP contribution in [0, 0.1) is 11.3 Å². The lowest BCUT2D eigenvalue weighted by Gasteiger charge is -2.30. The smallest absolute Gasteiger partial charge is 0.410 e. The van der Waals surface area contributed by atoms with E-state index in [9.17, 15) is 14.9 Å². The zero-order chi connectivity index (χ0) is 21.6. The molecule has 7 nitrogen and oxygen atoms in total. The Morgan fingerprint density at radius 3 is 2.53 bits per heavy atom. The van der Waals surface area contributed by atoms with Crippen LogP contribution in [-0.4, -0.2) is 35.3 Å². The predicted octanol–water partition coefficient (Wildman–Crippen LogP) is 3.14. The van der Waals surface area contributed by atoms with Crippen molar-refractivity contribution in [1.29, 1.82) is 5.26 Å². The van der Waals surface area contributed by atoms with Crippen LogP contribution in [0.3, 0.4) is 0 Å². The maximum absolute atomic E-state index is 12.5. The Labute approximate surface area is 176 Å². The molecule has 1 aliphatic heterocycles. The van der Waals surface area contributed by atoms with E-state index in [1.807, 2.05) is 60.7 Å². The molecule has 1 N–H and O–H groups in total. The molecule has 2 atom stereocenters. The second-order valence-electron chi connectivity index (χ2n) is 7.37. The van der Waals surface area contributed by atoms with Crippen LogP contribution in [0.4, 0.5) is 4.79 Å². The highest BCUT2D eigenvalue weighted by Gasteiger charge is 2.32. The summed E-state index contributed by atoms with van der Waals surface area (Å²) in [4.78, 5) is 26.6. The number of amides is 2. The number of carbonyl (C=O) groups is 2. The molecule has 0 radical (unpaired) electrons. The third-order valence-corrected chi connectivity index (χ3v) is 4.98. The van der Waals surface area contributed by atoms with Crippen LogP contribution in [0.2, 0.25) is 0 Å². The number of hydrogen-bond acceptors (Lipinski definition) is 5. The summed E-state index contributed by atoms with van der Waals surface area (Å²) in [7, 11) is 0. The molecule has 0 bridgehead atoms. The molecule has 0 spiro atoms. The van der Waals surface area contributed by atoms with Gasteiger partial charge in [0.15, 0.2) is 6.10 Å². The average Bonchev–Trinajstić information content (AvgIpc) is 2.78. The Hall–Kier alpha value is -3.37. The minimum absolute atomic E-state index is 0.159. The van der Waals surface area contributed by atoms with Gasteiger partial charge < -0.3 is 19.7 Å². The van der Waals surface area contributed by atoms with Crippen LogP contribution < -0.4 is 5.32 Å². The summed E-state index contributed by atoms with van der Waals surface area (Å²) >= 11 is 0. The molecule has 1 aliphatic rings. The Bertz CT molecular complexity index is 941. The van der Waals surface area contributed by atoms with Gasteiger partial charge in [-0.3, -0.25) is 4.79 Å². The van der Waals surface area contributed by atoms with Gasteiger partial charge in [-0.2, -0.15) is 5.26 Å². The van der Waals surface area contributed by atoms with Crippen LogP contribution in [0.5, 0.6) is 0 Å². The first kappa shape index (κ1) is 21.3. The van der Waals surface area contributed by atoms with Gasteiger partial charge in [0.25, 0.3) is 5.91 Å². The van der Waals surface area contributed by atoms with Crippen LogP contribution in [0.15, 0.2) is 54.6 Å². The van der Waals surface area contributed by atoms with E-state index in [1.54, 1.807) is 4.90 Å². The maximum atomic E-state index is 12.5. The Kier molecular flexibility index (Phi) is 6.70. The van der Waals surface area contributed by atoms with Crippen molar-refractivity contribution in [3.63, 3.8) is 0 Å². The number of rotatable bonds is 6. The first-order chi connectivity index (χ1) is 14.4. The lowest BCUT2D eigenvalue weighted by molar-refractivity contribution is -0.137. The Balaban J connectivity index is 1.53. The topological polar surface area (TPSA) is 91.7 Å². The molecule has 30 heavy (non-hydrogen) atoms. The molecular weight excluding hydrogens is 382 g/mol. The highest BCUT2D eigenvalue weighted by Crippen LogP contribution is 2.19. The van der Waals surface area contributed by atoms with Crippen LogP contribution in [0.25, 0.3) is 0 Å². The van der Waals surface area contributed by atoms with Crippen molar-refractivity contribution in [1.82, 2.24) is 10.2 Å². The molecule has 156 valence electrons. The van der Waals surface area contributed by atoms with Crippen molar-refractivity contribution in [3.05, 3.63) is 71.3 Å². The molecule has 2 aromatic rings. The van der Waals surface area contributed by atoms with Gasteiger partial charge in [0, 0.05) is 13.1 Å². The molecule has 0 fully saturated rings. The summed E-state index contributed by atoms with van der Waals surface area (Å²) in [6.45, 7) is 4.07. The molecule has 2 aromatic carbocycles. The zero-order valence-corrected chi connectivity index (χ0v) is 17.1. The van der Waals surface area contributed by atoms with Crippen molar-refractivity contribution in [3.8, 4) is 6.07 Å². The van der Waals surface area contributed by atoms with Crippen LogP contribution >= 0.6 is 0 Å². The fraction of sp³-hybridized carbons (Fsp3) is 0.348. The highest BCUT2D eigenvalue weighted by molar-refractivity contribution is 5.83. The fourth-order valence-electron chi connectivity index (χ4n) is 3.17. The predicted molar refractivity (Wildman–Crippen MR) is 110 cm³/mol. The van der Waals surface area contributed by atoms with E-state index in [4.69, 9.17) is 9.47 Å². The van der Waals surface area contributed by atoms with Crippen molar-refractivity contribution in [2.75, 3.05) is 6.54 Å². The number of nitrogens with zero attached hydrogens (tertiary/aromatic N) is 2. The van der Waals surface area contributed by atoms with Gasteiger partial charge in [0.2, 0.25) is 5.72 Å². The largest absolute Gasteiger partial charge is 0.436 e. The van der Waals surface area contributed by atoms with Crippen molar-refractivity contribution < 1.29 is 19.1 Å².